The molecule has 1 atom stereocenters. The molecule has 1 saturated heterocycles. The molecule has 1 aromatic carbocycles. The van der Waals surface area contributed by atoms with Gasteiger partial charge in [-0.3, -0.25) is 4.79 Å². The molecule has 0 radical (unpaired) electrons. The fourth-order valence-electron chi connectivity index (χ4n) is 3.40. The number of amides is 2. The summed E-state index contributed by atoms with van der Waals surface area (Å²) in [5.41, 5.74) is 7.77. The number of carbonyl (C=O) groups excluding carboxylic acids is 2. The van der Waals surface area contributed by atoms with Gasteiger partial charge in [-0.05, 0) is 55.7 Å². The Balaban J connectivity index is 1.70. The fourth-order valence-corrected chi connectivity index (χ4v) is 3.40. The smallest absolute Gasteiger partial charge is 0.316 e. The Hall–Kier alpha value is -2.04. The van der Waals surface area contributed by atoms with E-state index in [0.29, 0.717) is 18.8 Å². The van der Waals surface area contributed by atoms with Crippen LogP contribution in [0.1, 0.15) is 36.8 Å². The van der Waals surface area contributed by atoms with Gasteiger partial charge in [0.2, 0.25) is 0 Å². The summed E-state index contributed by atoms with van der Waals surface area (Å²) in [6, 6.07) is 5.47. The Morgan fingerprint density at radius 1 is 1.18 bits per heavy atom. The van der Waals surface area contributed by atoms with Crippen LogP contribution in [0.2, 0.25) is 0 Å². The van der Waals surface area contributed by atoms with Gasteiger partial charge < -0.3 is 15.4 Å². The molecule has 118 valence electrons. The number of fused-ring (bicyclic) bond motifs is 1. The number of nitrogens with two attached hydrogens (primary N) is 1. The summed E-state index contributed by atoms with van der Waals surface area (Å²) in [6.45, 7) is 0.989. The van der Waals surface area contributed by atoms with Gasteiger partial charge in [-0.25, -0.2) is 4.79 Å². The standard InChI is InChI=1S/C17H22N2O3/c18-17(21)19-10-4-7-13(11-19)16(20)22-15-9-3-6-12-5-1-2-8-14(12)15/h3,6,9,13H,1-2,4-5,7-8,10-11H2,(H2,18,21). The summed E-state index contributed by atoms with van der Waals surface area (Å²) in [7, 11) is 0. The molecule has 1 aliphatic heterocycles. The fraction of sp³-hybridized carbons (Fsp3) is 0.529. The quantitative estimate of drug-likeness (QED) is 0.673. The molecule has 0 bridgehead atoms. The van der Waals surface area contributed by atoms with Crippen LogP contribution in [0.25, 0.3) is 0 Å². The number of hydrogen-bond donors (Lipinski definition) is 1. The molecular weight excluding hydrogens is 280 g/mol. The van der Waals surface area contributed by atoms with Crippen molar-refractivity contribution < 1.29 is 14.3 Å². The van der Waals surface area contributed by atoms with Gasteiger partial charge in [0.15, 0.2) is 0 Å². The highest BCUT2D eigenvalue weighted by atomic mass is 16.5. The zero-order valence-electron chi connectivity index (χ0n) is 12.7. The van der Waals surface area contributed by atoms with Crippen molar-refractivity contribution in [1.29, 1.82) is 0 Å². The molecule has 5 nitrogen and oxygen atoms in total. The van der Waals surface area contributed by atoms with Gasteiger partial charge in [0.05, 0.1) is 5.92 Å². The molecule has 1 unspecified atom stereocenters. The number of benzene rings is 1. The lowest BCUT2D eigenvalue weighted by Crippen LogP contribution is -2.45. The molecule has 1 heterocycles. The van der Waals surface area contributed by atoms with Gasteiger partial charge in [-0.2, -0.15) is 0 Å². The van der Waals surface area contributed by atoms with E-state index in [2.05, 4.69) is 6.07 Å². The lowest BCUT2D eigenvalue weighted by atomic mass is 9.91. The van der Waals surface area contributed by atoms with E-state index in [-0.39, 0.29) is 11.9 Å². The first-order chi connectivity index (χ1) is 10.6. The van der Waals surface area contributed by atoms with Crippen LogP contribution in [0.4, 0.5) is 4.79 Å². The maximum atomic E-state index is 12.4. The Morgan fingerprint density at radius 3 is 2.82 bits per heavy atom. The van der Waals surface area contributed by atoms with E-state index < -0.39 is 6.03 Å². The molecular formula is C17H22N2O3. The average Bonchev–Trinajstić information content (AvgIpc) is 2.55. The predicted octanol–water partition coefficient (Wildman–Crippen LogP) is 2.26. The Bertz CT molecular complexity index is 585. The van der Waals surface area contributed by atoms with Crippen molar-refractivity contribution in [2.45, 2.75) is 38.5 Å². The van der Waals surface area contributed by atoms with E-state index >= 15 is 0 Å². The van der Waals surface area contributed by atoms with E-state index in [1.165, 1.54) is 22.4 Å². The van der Waals surface area contributed by atoms with Crippen molar-refractivity contribution in [2.75, 3.05) is 13.1 Å². The van der Waals surface area contributed by atoms with Crippen molar-refractivity contribution in [1.82, 2.24) is 4.90 Å². The molecule has 3 rings (SSSR count). The molecule has 0 spiro atoms. The highest BCUT2D eigenvalue weighted by Crippen LogP contribution is 2.30. The highest BCUT2D eigenvalue weighted by Gasteiger charge is 2.29. The number of piperidine rings is 1. The predicted molar refractivity (Wildman–Crippen MR) is 82.6 cm³/mol. The number of carbonyl (C=O) groups is 2. The number of rotatable bonds is 2. The summed E-state index contributed by atoms with van der Waals surface area (Å²) in [4.78, 5) is 25.2. The van der Waals surface area contributed by atoms with Gasteiger partial charge in [0.25, 0.3) is 0 Å². The third-order valence-electron chi connectivity index (χ3n) is 4.63. The van der Waals surface area contributed by atoms with Crippen LogP contribution >= 0.6 is 0 Å². The van der Waals surface area contributed by atoms with E-state index in [1.807, 2.05) is 12.1 Å². The number of urea groups is 1. The first-order valence-corrected chi connectivity index (χ1v) is 8.02. The second-order valence-corrected chi connectivity index (χ2v) is 6.15. The average molecular weight is 302 g/mol. The minimum absolute atomic E-state index is 0.245. The van der Waals surface area contributed by atoms with E-state index in [4.69, 9.17) is 10.5 Å². The van der Waals surface area contributed by atoms with E-state index in [0.717, 1.165) is 32.1 Å². The first-order valence-electron chi connectivity index (χ1n) is 8.02. The maximum absolute atomic E-state index is 12.4. The number of aryl methyl sites for hydroxylation is 1. The van der Waals surface area contributed by atoms with Crippen LogP contribution in [0.5, 0.6) is 5.75 Å². The first kappa shape index (κ1) is 14.9. The number of ether oxygens (including phenoxy) is 1. The zero-order chi connectivity index (χ0) is 15.5. The van der Waals surface area contributed by atoms with Crippen LogP contribution in [0.15, 0.2) is 18.2 Å². The van der Waals surface area contributed by atoms with Crippen molar-refractivity contribution in [3.63, 3.8) is 0 Å². The van der Waals surface area contributed by atoms with Gasteiger partial charge in [-0.15, -0.1) is 0 Å². The third-order valence-corrected chi connectivity index (χ3v) is 4.63. The minimum atomic E-state index is -0.463. The summed E-state index contributed by atoms with van der Waals surface area (Å²) in [6.07, 6.45) is 5.89. The molecule has 2 aliphatic rings. The van der Waals surface area contributed by atoms with Gasteiger partial charge >= 0.3 is 12.0 Å². The van der Waals surface area contributed by atoms with Crippen LogP contribution < -0.4 is 10.5 Å². The van der Waals surface area contributed by atoms with Gasteiger partial charge in [0.1, 0.15) is 5.75 Å². The third kappa shape index (κ3) is 3.08. The molecule has 2 amide bonds. The monoisotopic (exact) mass is 302 g/mol. The molecule has 0 saturated carbocycles. The number of primary amides is 1. The molecule has 0 aromatic heterocycles. The van der Waals surface area contributed by atoms with Crippen LogP contribution in [-0.2, 0) is 17.6 Å². The largest absolute Gasteiger partial charge is 0.426 e. The summed E-state index contributed by atoms with van der Waals surface area (Å²) in [5.74, 6) is 0.170. The molecule has 22 heavy (non-hydrogen) atoms. The van der Waals surface area contributed by atoms with Crippen molar-refractivity contribution in [3.05, 3.63) is 29.3 Å². The van der Waals surface area contributed by atoms with Crippen molar-refractivity contribution in [2.24, 2.45) is 11.7 Å². The van der Waals surface area contributed by atoms with E-state index in [1.54, 1.807) is 0 Å². The normalized spacial score (nSPS) is 21.1. The van der Waals surface area contributed by atoms with Crippen LogP contribution in [0.3, 0.4) is 0 Å². The second kappa shape index (κ2) is 6.38. The molecule has 5 heteroatoms. The summed E-state index contributed by atoms with van der Waals surface area (Å²) < 4.78 is 5.66. The maximum Gasteiger partial charge on any atom is 0.316 e. The molecule has 1 aromatic rings. The van der Waals surface area contributed by atoms with Gasteiger partial charge in [0, 0.05) is 13.1 Å². The minimum Gasteiger partial charge on any atom is -0.426 e. The van der Waals surface area contributed by atoms with Crippen LogP contribution in [-0.4, -0.2) is 30.0 Å². The lowest BCUT2D eigenvalue weighted by Gasteiger charge is -2.30. The topological polar surface area (TPSA) is 72.6 Å². The summed E-state index contributed by atoms with van der Waals surface area (Å²) in [5, 5.41) is 0. The highest BCUT2D eigenvalue weighted by molar-refractivity contribution is 5.78. The molecule has 1 fully saturated rings. The number of hydrogen-bond acceptors (Lipinski definition) is 3. The van der Waals surface area contributed by atoms with Gasteiger partial charge in [-0.1, -0.05) is 12.1 Å². The SMILES string of the molecule is NC(=O)N1CCCC(C(=O)Oc2cccc3c2CCCC3)C1. The summed E-state index contributed by atoms with van der Waals surface area (Å²) >= 11 is 0. The van der Waals surface area contributed by atoms with Crippen molar-refractivity contribution >= 4 is 12.0 Å². The Kier molecular flexibility index (Phi) is 4.32. The Morgan fingerprint density at radius 2 is 2.00 bits per heavy atom. The lowest BCUT2D eigenvalue weighted by molar-refractivity contribution is -0.140. The van der Waals surface area contributed by atoms with Crippen molar-refractivity contribution in [3.8, 4) is 5.75 Å². The van der Waals surface area contributed by atoms with Crippen LogP contribution in [0, 0.1) is 5.92 Å². The van der Waals surface area contributed by atoms with E-state index in [9.17, 15) is 9.59 Å². The zero-order valence-corrected chi connectivity index (χ0v) is 12.7. The number of nitrogens with zero attached hydrogens (tertiary/aromatic N) is 1. The molecule has 2 N–H and O–H groups in total. The molecule has 1 aliphatic carbocycles. The number of esters is 1. The second-order valence-electron chi connectivity index (χ2n) is 6.15. The Labute approximate surface area is 130 Å². The number of likely N-dealkylation sites (tertiary alicyclic amines) is 1.